The fraction of sp³-hybridized carbons (Fsp3) is 0.381. The van der Waals surface area contributed by atoms with Gasteiger partial charge in [0, 0.05) is 16.2 Å². The van der Waals surface area contributed by atoms with E-state index in [2.05, 4.69) is 47.2 Å². The van der Waals surface area contributed by atoms with Crippen LogP contribution in [0.5, 0.6) is 0 Å². The number of anilines is 1. The van der Waals surface area contributed by atoms with Crippen molar-refractivity contribution in [2.45, 2.75) is 43.7 Å². The van der Waals surface area contributed by atoms with Gasteiger partial charge < -0.3 is 30.4 Å². The maximum absolute atomic E-state index is 11.0. The van der Waals surface area contributed by atoms with Gasteiger partial charge in [-0.15, -0.1) is 0 Å². The zero-order chi connectivity index (χ0) is 22.8. The number of pyridine rings is 1. The normalized spacial score (nSPS) is 30.5. The fourth-order valence-corrected chi connectivity index (χ4v) is 4.32. The predicted molar refractivity (Wildman–Crippen MR) is 127 cm³/mol. The monoisotopic (exact) mass is 567 g/mol. The van der Waals surface area contributed by atoms with E-state index in [4.69, 9.17) is 25.4 Å². The summed E-state index contributed by atoms with van der Waals surface area (Å²) in [6.45, 7) is 1.77. The molecule has 5 N–H and O–H groups in total. The minimum Gasteiger partial charge on any atom is -0.388 e. The van der Waals surface area contributed by atoms with Crippen LogP contribution < -0.4 is 11.1 Å². The SMILES string of the molecule is CC(=N)/N=C(\Nc1cc(Br)cnc1Br)C1OC2COC(c3ccccc3)OC2C(N)C1O. The van der Waals surface area contributed by atoms with E-state index in [9.17, 15) is 5.11 Å². The molecule has 1 aromatic heterocycles. The first kappa shape index (κ1) is 23.4. The van der Waals surface area contributed by atoms with E-state index in [1.165, 1.54) is 6.92 Å². The van der Waals surface area contributed by atoms with Crippen molar-refractivity contribution < 1.29 is 19.3 Å². The van der Waals surface area contributed by atoms with Crippen molar-refractivity contribution in [3.05, 3.63) is 57.2 Å². The van der Waals surface area contributed by atoms with E-state index in [-0.39, 0.29) is 18.3 Å². The molecule has 0 spiro atoms. The molecule has 0 saturated carbocycles. The van der Waals surface area contributed by atoms with E-state index < -0.39 is 36.7 Å². The summed E-state index contributed by atoms with van der Waals surface area (Å²) in [6.07, 6.45) is -2.08. The number of hydrogen-bond donors (Lipinski definition) is 4. The smallest absolute Gasteiger partial charge is 0.184 e. The number of nitrogens with two attached hydrogens (primary N) is 1. The topological polar surface area (TPSA) is 135 Å². The molecule has 2 aliphatic heterocycles. The fourth-order valence-electron chi connectivity index (χ4n) is 3.67. The average molecular weight is 569 g/mol. The highest BCUT2D eigenvalue weighted by Gasteiger charge is 2.49. The summed E-state index contributed by atoms with van der Waals surface area (Å²) in [6, 6.07) is 10.6. The van der Waals surface area contributed by atoms with Crippen molar-refractivity contribution in [3.8, 4) is 0 Å². The van der Waals surface area contributed by atoms with E-state index in [0.29, 0.717) is 10.3 Å². The Hall–Kier alpha value is -1.73. The van der Waals surface area contributed by atoms with Crippen LogP contribution in [-0.2, 0) is 14.2 Å². The van der Waals surface area contributed by atoms with Gasteiger partial charge in [-0.05, 0) is 44.8 Å². The van der Waals surface area contributed by atoms with Crippen molar-refractivity contribution in [2.24, 2.45) is 10.7 Å². The summed E-state index contributed by atoms with van der Waals surface area (Å²) in [5, 5.41) is 22.0. The third-order valence-electron chi connectivity index (χ3n) is 5.16. The number of rotatable bonds is 3. The number of aliphatic imine (C=N–C) groups is 1. The number of nitrogens with zero attached hydrogens (tertiary/aromatic N) is 2. The number of aliphatic hydroxyl groups excluding tert-OH is 1. The molecule has 6 atom stereocenters. The van der Waals surface area contributed by atoms with Gasteiger partial charge in [-0.2, -0.15) is 0 Å². The molecule has 11 heteroatoms. The van der Waals surface area contributed by atoms with Crippen LogP contribution in [0.2, 0.25) is 0 Å². The molecule has 0 bridgehead atoms. The predicted octanol–water partition coefficient (Wildman–Crippen LogP) is 2.98. The highest BCUT2D eigenvalue weighted by atomic mass is 79.9. The van der Waals surface area contributed by atoms with Crippen LogP contribution in [0.25, 0.3) is 0 Å². The zero-order valence-corrected chi connectivity index (χ0v) is 20.3. The summed E-state index contributed by atoms with van der Waals surface area (Å²) >= 11 is 6.77. The van der Waals surface area contributed by atoms with Gasteiger partial charge in [-0.3, -0.25) is 5.41 Å². The van der Waals surface area contributed by atoms with Crippen LogP contribution in [0.4, 0.5) is 5.69 Å². The standard InChI is InChI=1S/C21H23Br2N5O4/c1-10(24)27-20(28-13-7-12(22)8-26-19(13)23)18-16(29)15(25)17-14(31-18)9-30-21(32-17)11-5-3-2-4-6-11/h2-8,14-18,21,29H,9,25H2,1H3,(H2,24,27,28). The first-order valence-corrected chi connectivity index (χ1v) is 11.5. The quantitative estimate of drug-likeness (QED) is 0.254. The molecule has 2 saturated heterocycles. The summed E-state index contributed by atoms with van der Waals surface area (Å²) in [5.41, 5.74) is 7.86. The summed E-state index contributed by atoms with van der Waals surface area (Å²) in [7, 11) is 0. The lowest BCUT2D eigenvalue weighted by Gasteiger charge is -2.47. The number of fused-ring (bicyclic) bond motifs is 1. The van der Waals surface area contributed by atoms with E-state index in [0.717, 1.165) is 10.0 Å². The molecule has 32 heavy (non-hydrogen) atoms. The molecule has 6 unspecified atom stereocenters. The second-order valence-electron chi connectivity index (χ2n) is 7.54. The van der Waals surface area contributed by atoms with Gasteiger partial charge in [0.05, 0.1) is 18.3 Å². The molecule has 0 amide bonds. The molecule has 3 heterocycles. The third-order valence-corrected chi connectivity index (χ3v) is 6.23. The molecule has 170 valence electrons. The average Bonchev–Trinajstić information content (AvgIpc) is 2.78. The molecule has 9 nitrogen and oxygen atoms in total. The molecule has 0 aliphatic carbocycles. The molecule has 2 aliphatic rings. The number of halogens is 2. The molecule has 4 rings (SSSR count). The van der Waals surface area contributed by atoms with E-state index >= 15 is 0 Å². The number of aromatic nitrogens is 1. The number of hydrogen-bond acceptors (Lipinski definition) is 7. The van der Waals surface area contributed by atoms with E-state index in [1.807, 2.05) is 30.3 Å². The van der Waals surface area contributed by atoms with Crippen molar-refractivity contribution in [3.63, 3.8) is 0 Å². The van der Waals surface area contributed by atoms with Crippen molar-refractivity contribution in [1.29, 1.82) is 5.41 Å². The van der Waals surface area contributed by atoms with Crippen molar-refractivity contribution >= 4 is 49.2 Å². The number of benzene rings is 1. The third kappa shape index (κ3) is 5.09. The Bertz CT molecular complexity index is 1010. The molecule has 2 aromatic rings. The van der Waals surface area contributed by atoms with Crippen LogP contribution in [0, 0.1) is 5.41 Å². The Morgan fingerprint density at radius 3 is 2.75 bits per heavy atom. The number of aliphatic hydroxyl groups is 1. The first-order chi connectivity index (χ1) is 15.3. The summed E-state index contributed by atoms with van der Waals surface area (Å²) < 4.78 is 19.4. The highest BCUT2D eigenvalue weighted by Crippen LogP contribution is 2.34. The minimum atomic E-state index is -1.13. The van der Waals surface area contributed by atoms with Crippen LogP contribution >= 0.6 is 31.9 Å². The van der Waals surface area contributed by atoms with Crippen LogP contribution in [0.15, 0.2) is 56.7 Å². The Labute approximate surface area is 202 Å². The maximum atomic E-state index is 11.0. The zero-order valence-electron chi connectivity index (χ0n) is 17.1. The van der Waals surface area contributed by atoms with Gasteiger partial charge in [0.2, 0.25) is 0 Å². The number of amidine groups is 2. The Balaban J connectivity index is 1.56. The number of ether oxygens (including phenoxy) is 3. The van der Waals surface area contributed by atoms with Gasteiger partial charge in [-0.25, -0.2) is 9.98 Å². The Morgan fingerprint density at radius 1 is 1.28 bits per heavy atom. The van der Waals surface area contributed by atoms with Gasteiger partial charge in [-0.1, -0.05) is 30.3 Å². The highest BCUT2D eigenvalue weighted by molar-refractivity contribution is 9.11. The van der Waals surface area contributed by atoms with Crippen LogP contribution in [0.1, 0.15) is 18.8 Å². The Morgan fingerprint density at radius 2 is 2.03 bits per heavy atom. The van der Waals surface area contributed by atoms with Crippen molar-refractivity contribution in [2.75, 3.05) is 11.9 Å². The van der Waals surface area contributed by atoms with Gasteiger partial charge in [0.25, 0.3) is 0 Å². The van der Waals surface area contributed by atoms with E-state index in [1.54, 1.807) is 12.3 Å². The molecule has 0 radical (unpaired) electrons. The Kier molecular flexibility index (Phi) is 7.35. The lowest BCUT2D eigenvalue weighted by molar-refractivity contribution is -0.299. The van der Waals surface area contributed by atoms with Crippen LogP contribution in [-0.4, -0.2) is 58.8 Å². The largest absolute Gasteiger partial charge is 0.388 e. The maximum Gasteiger partial charge on any atom is 0.184 e. The second-order valence-corrected chi connectivity index (χ2v) is 9.21. The van der Waals surface area contributed by atoms with Gasteiger partial charge >= 0.3 is 0 Å². The molecular formula is C21H23Br2N5O4. The van der Waals surface area contributed by atoms with Crippen LogP contribution in [0.3, 0.4) is 0 Å². The summed E-state index contributed by atoms with van der Waals surface area (Å²) in [4.78, 5) is 8.48. The van der Waals surface area contributed by atoms with Gasteiger partial charge in [0.1, 0.15) is 40.7 Å². The molecule has 2 fully saturated rings. The molecule has 1 aromatic carbocycles. The number of nitrogens with one attached hydrogen (secondary N) is 2. The van der Waals surface area contributed by atoms with Gasteiger partial charge in [0.15, 0.2) is 6.29 Å². The lowest BCUT2D eigenvalue weighted by atomic mass is 9.91. The summed E-state index contributed by atoms with van der Waals surface area (Å²) in [5.74, 6) is 0.281. The van der Waals surface area contributed by atoms with Crippen molar-refractivity contribution in [1.82, 2.24) is 4.98 Å². The second kappa shape index (κ2) is 10.0. The first-order valence-electron chi connectivity index (χ1n) is 9.96. The minimum absolute atomic E-state index is 0.0401. The lowest BCUT2D eigenvalue weighted by Crippen LogP contribution is -2.66. The molecular weight excluding hydrogens is 546 g/mol.